The van der Waals surface area contributed by atoms with Crippen LogP contribution in [-0.2, 0) is 0 Å². The highest BCUT2D eigenvalue weighted by atomic mass is 16.5. The molecular weight excluding hydrogens is 252 g/mol. The van der Waals surface area contributed by atoms with E-state index in [2.05, 4.69) is 13.8 Å². The number of hydrogen-bond donors (Lipinski definition) is 1. The SMILES string of the molecule is CCOc1cc(N)cc(C(=O)N2[C@H](C)CCC[C@@H]2C)c1. The summed E-state index contributed by atoms with van der Waals surface area (Å²) in [6, 6.07) is 5.84. The predicted molar refractivity (Wildman–Crippen MR) is 81.0 cm³/mol. The number of ether oxygens (including phenoxy) is 1. The molecule has 2 N–H and O–H groups in total. The van der Waals surface area contributed by atoms with Crippen molar-refractivity contribution >= 4 is 11.6 Å². The van der Waals surface area contributed by atoms with Gasteiger partial charge in [0.15, 0.2) is 0 Å². The first-order valence-electron chi connectivity index (χ1n) is 7.39. The molecule has 0 radical (unpaired) electrons. The van der Waals surface area contributed by atoms with Crippen molar-refractivity contribution in [3.05, 3.63) is 23.8 Å². The fourth-order valence-electron chi connectivity index (χ4n) is 2.97. The van der Waals surface area contributed by atoms with Crippen LogP contribution >= 0.6 is 0 Å². The average molecular weight is 276 g/mol. The third-order valence-corrected chi connectivity index (χ3v) is 3.91. The number of likely N-dealkylation sites (tertiary alicyclic amines) is 1. The highest BCUT2D eigenvalue weighted by Gasteiger charge is 2.29. The van der Waals surface area contributed by atoms with Gasteiger partial charge in [0, 0.05) is 29.4 Å². The Morgan fingerprint density at radius 2 is 1.95 bits per heavy atom. The third-order valence-electron chi connectivity index (χ3n) is 3.91. The molecule has 1 saturated heterocycles. The molecule has 1 aromatic carbocycles. The zero-order valence-corrected chi connectivity index (χ0v) is 12.6. The second-order valence-corrected chi connectivity index (χ2v) is 5.57. The van der Waals surface area contributed by atoms with Gasteiger partial charge in [-0.3, -0.25) is 4.79 Å². The van der Waals surface area contributed by atoms with E-state index in [1.807, 2.05) is 11.8 Å². The van der Waals surface area contributed by atoms with Gasteiger partial charge < -0.3 is 15.4 Å². The van der Waals surface area contributed by atoms with Crippen molar-refractivity contribution in [2.75, 3.05) is 12.3 Å². The van der Waals surface area contributed by atoms with E-state index in [9.17, 15) is 4.79 Å². The minimum absolute atomic E-state index is 0.0537. The smallest absolute Gasteiger partial charge is 0.254 e. The van der Waals surface area contributed by atoms with Crippen LogP contribution in [0, 0.1) is 0 Å². The number of nitrogens with zero attached hydrogens (tertiary/aromatic N) is 1. The number of anilines is 1. The molecule has 2 rings (SSSR count). The summed E-state index contributed by atoms with van der Waals surface area (Å²) < 4.78 is 5.47. The summed E-state index contributed by atoms with van der Waals surface area (Å²) in [6.07, 6.45) is 3.32. The molecule has 20 heavy (non-hydrogen) atoms. The fourth-order valence-corrected chi connectivity index (χ4v) is 2.97. The van der Waals surface area contributed by atoms with Gasteiger partial charge in [-0.2, -0.15) is 0 Å². The Balaban J connectivity index is 2.27. The number of rotatable bonds is 3. The maximum absolute atomic E-state index is 12.7. The number of piperidine rings is 1. The summed E-state index contributed by atoms with van der Waals surface area (Å²) in [5.74, 6) is 0.714. The van der Waals surface area contributed by atoms with Crippen molar-refractivity contribution in [2.45, 2.75) is 52.1 Å². The zero-order valence-electron chi connectivity index (χ0n) is 12.6. The van der Waals surface area contributed by atoms with Crippen molar-refractivity contribution in [3.63, 3.8) is 0 Å². The van der Waals surface area contributed by atoms with Gasteiger partial charge in [-0.25, -0.2) is 0 Å². The van der Waals surface area contributed by atoms with Gasteiger partial charge in [0.05, 0.1) is 6.61 Å². The summed E-state index contributed by atoms with van der Waals surface area (Å²) in [5, 5.41) is 0. The fraction of sp³-hybridized carbons (Fsp3) is 0.562. The van der Waals surface area contributed by atoms with Crippen LogP contribution in [-0.4, -0.2) is 29.5 Å². The Labute approximate surface area is 120 Å². The number of carbonyl (C=O) groups excluding carboxylic acids is 1. The van der Waals surface area contributed by atoms with Gasteiger partial charge >= 0.3 is 0 Å². The first kappa shape index (κ1) is 14.7. The predicted octanol–water partition coefficient (Wildman–Crippen LogP) is 3.07. The minimum Gasteiger partial charge on any atom is -0.494 e. The van der Waals surface area contributed by atoms with Crippen LogP contribution in [0.25, 0.3) is 0 Å². The van der Waals surface area contributed by atoms with E-state index in [1.165, 1.54) is 6.42 Å². The van der Waals surface area contributed by atoms with E-state index >= 15 is 0 Å². The third kappa shape index (κ3) is 3.06. The number of hydrogen-bond acceptors (Lipinski definition) is 3. The highest BCUT2D eigenvalue weighted by Crippen LogP contribution is 2.27. The van der Waals surface area contributed by atoms with Gasteiger partial charge in [-0.15, -0.1) is 0 Å². The van der Waals surface area contributed by atoms with Gasteiger partial charge in [0.25, 0.3) is 5.91 Å². The summed E-state index contributed by atoms with van der Waals surface area (Å²) in [6.45, 7) is 6.71. The van der Waals surface area contributed by atoms with Gasteiger partial charge in [0.2, 0.25) is 0 Å². The lowest BCUT2D eigenvalue weighted by molar-refractivity contribution is 0.0510. The van der Waals surface area contributed by atoms with E-state index in [0.717, 1.165) is 12.8 Å². The van der Waals surface area contributed by atoms with Gasteiger partial charge in [-0.1, -0.05) is 0 Å². The normalized spacial score (nSPS) is 22.6. The molecule has 110 valence electrons. The van der Waals surface area contributed by atoms with Crippen LogP contribution in [0.1, 0.15) is 50.4 Å². The Kier molecular flexibility index (Phi) is 4.53. The monoisotopic (exact) mass is 276 g/mol. The van der Waals surface area contributed by atoms with Crippen LogP contribution in [0.15, 0.2) is 18.2 Å². The standard InChI is InChI=1S/C16H24N2O2/c1-4-20-15-9-13(8-14(17)10-15)16(19)18-11(2)6-5-7-12(18)3/h8-12H,4-7,17H2,1-3H3/t11-,12+. The molecule has 4 nitrogen and oxygen atoms in total. The molecule has 1 aliphatic rings. The van der Waals surface area contributed by atoms with Crippen LogP contribution in [0.2, 0.25) is 0 Å². The van der Waals surface area contributed by atoms with E-state index in [4.69, 9.17) is 10.5 Å². The molecule has 1 fully saturated rings. The molecule has 0 aliphatic carbocycles. The number of benzene rings is 1. The molecule has 1 aliphatic heterocycles. The highest BCUT2D eigenvalue weighted by molar-refractivity contribution is 5.96. The van der Waals surface area contributed by atoms with Gasteiger partial charge in [-0.05, 0) is 52.2 Å². The van der Waals surface area contributed by atoms with Crippen LogP contribution in [0.4, 0.5) is 5.69 Å². The summed E-state index contributed by atoms with van der Waals surface area (Å²) >= 11 is 0. The maximum atomic E-state index is 12.7. The van der Waals surface area contributed by atoms with Crippen molar-refractivity contribution in [1.82, 2.24) is 4.90 Å². The molecular formula is C16H24N2O2. The van der Waals surface area contributed by atoms with Crippen molar-refractivity contribution < 1.29 is 9.53 Å². The Hall–Kier alpha value is -1.71. The Bertz CT molecular complexity index is 477. The molecule has 1 amide bonds. The number of nitrogens with two attached hydrogens (primary N) is 1. The second-order valence-electron chi connectivity index (χ2n) is 5.57. The van der Waals surface area contributed by atoms with Crippen LogP contribution in [0.5, 0.6) is 5.75 Å². The minimum atomic E-state index is 0.0537. The molecule has 4 heteroatoms. The first-order valence-corrected chi connectivity index (χ1v) is 7.39. The van der Waals surface area contributed by atoms with Crippen LogP contribution < -0.4 is 10.5 Å². The lowest BCUT2D eigenvalue weighted by Gasteiger charge is -2.39. The van der Waals surface area contributed by atoms with E-state index in [-0.39, 0.29) is 18.0 Å². The van der Waals surface area contributed by atoms with Crippen molar-refractivity contribution in [1.29, 1.82) is 0 Å². The quantitative estimate of drug-likeness (QED) is 0.863. The van der Waals surface area contributed by atoms with E-state index < -0.39 is 0 Å². The molecule has 0 bridgehead atoms. The Morgan fingerprint density at radius 1 is 1.30 bits per heavy atom. The largest absolute Gasteiger partial charge is 0.494 e. The zero-order chi connectivity index (χ0) is 14.7. The second kappa shape index (κ2) is 6.16. The summed E-state index contributed by atoms with van der Waals surface area (Å²) in [4.78, 5) is 14.7. The number of carbonyl (C=O) groups is 1. The van der Waals surface area contributed by atoms with E-state index in [0.29, 0.717) is 23.6 Å². The molecule has 2 atom stereocenters. The lowest BCUT2D eigenvalue weighted by Crippen LogP contribution is -2.47. The number of nitrogen functional groups attached to an aromatic ring is 1. The maximum Gasteiger partial charge on any atom is 0.254 e. The summed E-state index contributed by atoms with van der Waals surface area (Å²) in [7, 11) is 0. The number of amides is 1. The molecule has 1 heterocycles. The van der Waals surface area contributed by atoms with E-state index in [1.54, 1.807) is 18.2 Å². The van der Waals surface area contributed by atoms with Gasteiger partial charge in [0.1, 0.15) is 5.75 Å². The first-order chi connectivity index (χ1) is 9.52. The molecule has 0 saturated carbocycles. The Morgan fingerprint density at radius 3 is 2.55 bits per heavy atom. The molecule has 0 unspecified atom stereocenters. The topological polar surface area (TPSA) is 55.6 Å². The molecule has 0 spiro atoms. The lowest BCUT2D eigenvalue weighted by atomic mass is 9.96. The molecule has 1 aromatic rings. The summed E-state index contributed by atoms with van der Waals surface area (Å²) in [5.41, 5.74) is 7.06. The average Bonchev–Trinajstić information content (AvgIpc) is 2.38. The van der Waals surface area contributed by atoms with Crippen molar-refractivity contribution in [3.8, 4) is 5.75 Å². The van der Waals surface area contributed by atoms with Crippen LogP contribution in [0.3, 0.4) is 0 Å². The molecule has 0 aromatic heterocycles. The van der Waals surface area contributed by atoms with Crippen molar-refractivity contribution in [2.24, 2.45) is 0 Å².